The lowest BCUT2D eigenvalue weighted by molar-refractivity contribution is -0.117. The number of amides is 3. The highest BCUT2D eigenvalue weighted by Crippen LogP contribution is 2.38. The van der Waals surface area contributed by atoms with Gasteiger partial charge in [0.1, 0.15) is 0 Å². The van der Waals surface area contributed by atoms with Crippen LogP contribution in [0.3, 0.4) is 0 Å². The molecular formula is C32H48N8O2. The van der Waals surface area contributed by atoms with E-state index in [1.165, 1.54) is 5.57 Å². The Kier molecular flexibility index (Phi) is 9.97. The molecule has 3 heterocycles. The number of rotatable bonds is 9. The van der Waals surface area contributed by atoms with Gasteiger partial charge in [0, 0.05) is 74.5 Å². The number of nitrogens with zero attached hydrogens (tertiary/aromatic N) is 5. The van der Waals surface area contributed by atoms with Crippen molar-refractivity contribution < 1.29 is 9.59 Å². The van der Waals surface area contributed by atoms with Crippen LogP contribution in [0, 0.1) is 0 Å². The molecule has 3 amide bonds. The van der Waals surface area contributed by atoms with Crippen LogP contribution in [0.5, 0.6) is 0 Å². The summed E-state index contributed by atoms with van der Waals surface area (Å²) in [5.74, 6) is 0.199. The van der Waals surface area contributed by atoms with Gasteiger partial charge in [0.15, 0.2) is 5.65 Å². The van der Waals surface area contributed by atoms with Crippen molar-refractivity contribution in [1.82, 2.24) is 34.7 Å². The second-order valence-corrected chi connectivity index (χ2v) is 12.4. The van der Waals surface area contributed by atoms with E-state index in [0.717, 1.165) is 100 Å². The van der Waals surface area contributed by atoms with Crippen LogP contribution in [0.1, 0.15) is 63.4 Å². The average Bonchev–Trinajstić information content (AvgIpc) is 3.46. The van der Waals surface area contributed by atoms with Gasteiger partial charge in [-0.3, -0.25) is 4.79 Å². The molecule has 1 saturated heterocycles. The second-order valence-electron chi connectivity index (χ2n) is 12.4. The van der Waals surface area contributed by atoms with E-state index in [-0.39, 0.29) is 17.9 Å². The monoisotopic (exact) mass is 576 g/mol. The smallest absolute Gasteiger partial charge is 0.319 e. The first-order chi connectivity index (χ1) is 20.3. The number of fused-ring (bicyclic) bond motifs is 1. The van der Waals surface area contributed by atoms with Crippen LogP contribution < -0.4 is 16.0 Å². The SMILES string of the molecule is CC1=C(NC(=O)C2=CCC(N(C)C)CC2)CCCC1c1cc(NC(=O)NCCCN2CCN(C)CC2)c2nccn2c1. The Morgan fingerprint density at radius 3 is 2.64 bits per heavy atom. The summed E-state index contributed by atoms with van der Waals surface area (Å²) in [6, 6.07) is 2.35. The van der Waals surface area contributed by atoms with Gasteiger partial charge in [-0.1, -0.05) is 6.08 Å². The summed E-state index contributed by atoms with van der Waals surface area (Å²) < 4.78 is 1.98. The summed E-state index contributed by atoms with van der Waals surface area (Å²) in [6.45, 7) is 8.13. The van der Waals surface area contributed by atoms with Gasteiger partial charge >= 0.3 is 6.03 Å². The summed E-state index contributed by atoms with van der Waals surface area (Å²) in [7, 11) is 6.36. The molecule has 1 fully saturated rings. The summed E-state index contributed by atoms with van der Waals surface area (Å²) >= 11 is 0. The van der Waals surface area contributed by atoms with Gasteiger partial charge in [-0.05, 0) is 96.8 Å². The summed E-state index contributed by atoms with van der Waals surface area (Å²) in [5, 5.41) is 9.35. The van der Waals surface area contributed by atoms with Crippen LogP contribution >= 0.6 is 0 Å². The van der Waals surface area contributed by atoms with Gasteiger partial charge in [0.2, 0.25) is 0 Å². The first-order valence-corrected chi connectivity index (χ1v) is 15.6. The minimum absolute atomic E-state index is 0.0407. The number of hydrogen-bond donors (Lipinski definition) is 3. The molecule has 5 rings (SSSR count). The van der Waals surface area contributed by atoms with Crippen LogP contribution in [-0.4, -0.2) is 102 Å². The van der Waals surface area contributed by atoms with Crippen molar-refractivity contribution in [1.29, 1.82) is 0 Å². The number of nitrogens with one attached hydrogen (secondary N) is 3. The zero-order chi connectivity index (χ0) is 29.6. The van der Waals surface area contributed by atoms with Crippen LogP contribution in [0.25, 0.3) is 5.65 Å². The number of imidazole rings is 1. The molecular weight excluding hydrogens is 528 g/mol. The van der Waals surface area contributed by atoms with Crippen molar-refractivity contribution in [2.75, 3.05) is 65.7 Å². The number of carbonyl (C=O) groups is 2. The number of allylic oxidation sites excluding steroid dienone is 2. The number of aromatic nitrogens is 2. The highest BCUT2D eigenvalue weighted by atomic mass is 16.2. The molecule has 228 valence electrons. The van der Waals surface area contributed by atoms with E-state index < -0.39 is 0 Å². The molecule has 2 aliphatic carbocycles. The first kappa shape index (κ1) is 30.3. The number of piperazine rings is 1. The summed E-state index contributed by atoms with van der Waals surface area (Å²) in [5.41, 5.74) is 5.65. The van der Waals surface area contributed by atoms with E-state index in [1.54, 1.807) is 6.20 Å². The van der Waals surface area contributed by atoms with Crippen LogP contribution in [0.2, 0.25) is 0 Å². The maximum absolute atomic E-state index is 13.2. The lowest BCUT2D eigenvalue weighted by Crippen LogP contribution is -2.45. The predicted molar refractivity (Wildman–Crippen MR) is 168 cm³/mol. The molecule has 42 heavy (non-hydrogen) atoms. The molecule has 0 saturated carbocycles. The van der Waals surface area contributed by atoms with Crippen molar-refractivity contribution >= 4 is 23.3 Å². The zero-order valence-corrected chi connectivity index (χ0v) is 25.8. The Morgan fingerprint density at radius 2 is 1.90 bits per heavy atom. The molecule has 3 N–H and O–H groups in total. The molecule has 1 aliphatic heterocycles. The highest BCUT2D eigenvalue weighted by Gasteiger charge is 2.26. The Balaban J connectivity index is 1.22. The Bertz CT molecular complexity index is 1320. The minimum atomic E-state index is -0.212. The normalized spacial score (nSPS) is 22.4. The maximum Gasteiger partial charge on any atom is 0.319 e. The molecule has 3 aliphatic rings. The number of hydrogen-bond acceptors (Lipinski definition) is 6. The maximum atomic E-state index is 13.2. The molecule has 2 atom stereocenters. The van der Waals surface area contributed by atoms with Crippen molar-refractivity contribution in [2.24, 2.45) is 0 Å². The van der Waals surface area contributed by atoms with Gasteiger partial charge < -0.3 is 35.1 Å². The number of anilines is 1. The third-order valence-electron chi connectivity index (χ3n) is 9.28. The fourth-order valence-corrected chi connectivity index (χ4v) is 6.48. The number of carbonyl (C=O) groups excluding carboxylic acids is 2. The van der Waals surface area contributed by atoms with Gasteiger partial charge in [-0.25, -0.2) is 9.78 Å². The van der Waals surface area contributed by atoms with Gasteiger partial charge in [0.05, 0.1) is 5.69 Å². The average molecular weight is 577 g/mol. The van der Waals surface area contributed by atoms with Crippen LogP contribution in [-0.2, 0) is 4.79 Å². The first-order valence-electron chi connectivity index (χ1n) is 15.6. The van der Waals surface area contributed by atoms with Crippen molar-refractivity contribution in [3.63, 3.8) is 0 Å². The van der Waals surface area contributed by atoms with Crippen LogP contribution in [0.4, 0.5) is 10.5 Å². The molecule has 0 spiro atoms. The van der Waals surface area contributed by atoms with Crippen molar-refractivity contribution in [2.45, 2.75) is 63.8 Å². The molecule has 10 heteroatoms. The zero-order valence-electron chi connectivity index (χ0n) is 25.8. The van der Waals surface area contributed by atoms with E-state index >= 15 is 0 Å². The van der Waals surface area contributed by atoms with E-state index in [1.807, 2.05) is 10.6 Å². The largest absolute Gasteiger partial charge is 0.338 e. The third kappa shape index (κ3) is 7.40. The van der Waals surface area contributed by atoms with Crippen LogP contribution in [0.15, 0.2) is 47.6 Å². The lowest BCUT2D eigenvalue weighted by atomic mass is 9.82. The molecule has 0 radical (unpaired) electrons. The Morgan fingerprint density at radius 1 is 1.10 bits per heavy atom. The number of urea groups is 1. The third-order valence-corrected chi connectivity index (χ3v) is 9.28. The Hall–Kier alpha value is -3.21. The Labute approximate surface area is 250 Å². The van der Waals surface area contributed by atoms with Crippen molar-refractivity contribution in [3.8, 4) is 0 Å². The molecule has 0 aromatic carbocycles. The fourth-order valence-electron chi connectivity index (χ4n) is 6.48. The topological polar surface area (TPSA) is 97.2 Å². The molecule has 2 unspecified atom stereocenters. The summed E-state index contributed by atoms with van der Waals surface area (Å²) in [4.78, 5) is 37.6. The summed E-state index contributed by atoms with van der Waals surface area (Å²) in [6.07, 6.45) is 14.4. The standard InChI is InChI=1S/C32H48N8O2/c1-23-27(7-5-8-28(23)35-31(41)24-9-11-26(12-10-24)37(2)3)25-21-29(30-33-14-16-40(30)22-25)36-32(42)34-13-6-15-39-19-17-38(4)18-20-39/h9,14,16,21-22,26-27H,5-8,10-13,15,17-20H2,1-4H3,(H,35,41)(H2,34,36,42). The quantitative estimate of drug-likeness (QED) is 0.393. The van der Waals surface area contributed by atoms with Crippen molar-refractivity contribution in [3.05, 3.63) is 53.1 Å². The van der Waals surface area contributed by atoms with E-state index in [2.05, 4.69) is 82.0 Å². The van der Waals surface area contributed by atoms with Gasteiger partial charge in [0.25, 0.3) is 5.91 Å². The van der Waals surface area contributed by atoms with E-state index in [0.29, 0.717) is 18.3 Å². The lowest BCUT2D eigenvalue weighted by Gasteiger charge is -2.32. The molecule has 2 aromatic heterocycles. The number of pyridine rings is 1. The van der Waals surface area contributed by atoms with Gasteiger partial charge in [-0.15, -0.1) is 0 Å². The second kappa shape index (κ2) is 13.8. The van der Waals surface area contributed by atoms with E-state index in [4.69, 9.17) is 0 Å². The minimum Gasteiger partial charge on any atom is -0.338 e. The van der Waals surface area contributed by atoms with Gasteiger partial charge in [-0.2, -0.15) is 0 Å². The fraction of sp³-hybridized carbons (Fsp3) is 0.594. The molecule has 0 bridgehead atoms. The molecule has 10 nitrogen and oxygen atoms in total. The number of likely N-dealkylation sites (N-methyl/N-ethyl adjacent to an activating group) is 1. The predicted octanol–water partition coefficient (Wildman–Crippen LogP) is 3.79. The van der Waals surface area contributed by atoms with E-state index in [9.17, 15) is 9.59 Å². The highest BCUT2D eigenvalue weighted by molar-refractivity contribution is 5.95. The molecule has 2 aromatic rings.